The number of hydrogen-bond donors (Lipinski definition) is 1. The average molecular weight is 328 g/mol. The molecule has 2 saturated carbocycles. The van der Waals surface area contributed by atoms with Crippen LogP contribution in [0.25, 0.3) is 0 Å². The van der Waals surface area contributed by atoms with Gasteiger partial charge in [0.25, 0.3) is 0 Å². The first kappa shape index (κ1) is 13.1. The second-order valence-electron chi connectivity index (χ2n) is 5.90. The summed E-state index contributed by atoms with van der Waals surface area (Å²) in [5, 5.41) is 5.96. The minimum atomic E-state index is 0.695. The monoisotopic (exact) mass is 327 g/mol. The van der Waals surface area contributed by atoms with Gasteiger partial charge in [0.1, 0.15) is 0 Å². The molecule has 2 aliphatic carbocycles. The Morgan fingerprint density at radius 1 is 1.44 bits per heavy atom. The van der Waals surface area contributed by atoms with Gasteiger partial charge in [-0.2, -0.15) is 0 Å². The van der Waals surface area contributed by atoms with E-state index in [2.05, 4.69) is 39.6 Å². The molecule has 4 atom stereocenters. The number of halogens is 1. The van der Waals surface area contributed by atoms with Gasteiger partial charge in [-0.3, -0.25) is 0 Å². The fraction of sp³-hybridized carbons (Fsp3) is 0.733. The van der Waals surface area contributed by atoms with Crippen LogP contribution in [0.15, 0.2) is 15.9 Å². The molecular weight excluding hydrogens is 306 g/mol. The molecular formula is C15H22BrNS. The fourth-order valence-corrected chi connectivity index (χ4v) is 5.67. The second kappa shape index (κ2) is 5.64. The van der Waals surface area contributed by atoms with E-state index >= 15 is 0 Å². The van der Waals surface area contributed by atoms with Gasteiger partial charge in [0.05, 0.1) is 0 Å². The number of hydrogen-bond acceptors (Lipinski definition) is 2. The van der Waals surface area contributed by atoms with Crippen molar-refractivity contribution in [2.75, 3.05) is 6.54 Å². The van der Waals surface area contributed by atoms with Crippen molar-refractivity contribution in [2.45, 2.75) is 45.1 Å². The summed E-state index contributed by atoms with van der Waals surface area (Å²) >= 11 is 5.57. The van der Waals surface area contributed by atoms with Crippen LogP contribution >= 0.6 is 27.3 Å². The van der Waals surface area contributed by atoms with Gasteiger partial charge in [-0.05, 0) is 77.4 Å². The maximum absolute atomic E-state index is 3.76. The van der Waals surface area contributed by atoms with Crippen LogP contribution in [-0.4, -0.2) is 12.6 Å². The molecule has 0 amide bonds. The van der Waals surface area contributed by atoms with E-state index < -0.39 is 0 Å². The summed E-state index contributed by atoms with van der Waals surface area (Å²) in [6.07, 6.45) is 7.19. The van der Waals surface area contributed by atoms with Gasteiger partial charge in [0, 0.05) is 15.4 Å². The molecule has 0 spiro atoms. The topological polar surface area (TPSA) is 12.0 Å². The smallest absolute Gasteiger partial charge is 0.0314 e. The molecule has 1 aromatic rings. The largest absolute Gasteiger partial charge is 0.314 e. The van der Waals surface area contributed by atoms with Crippen molar-refractivity contribution in [3.05, 3.63) is 20.8 Å². The Morgan fingerprint density at radius 3 is 2.89 bits per heavy atom. The third-order valence-electron chi connectivity index (χ3n) is 4.87. The molecule has 3 heteroatoms. The lowest BCUT2D eigenvalue weighted by atomic mass is 9.82. The first-order valence-electron chi connectivity index (χ1n) is 7.23. The molecule has 0 saturated heterocycles. The molecule has 18 heavy (non-hydrogen) atoms. The summed E-state index contributed by atoms with van der Waals surface area (Å²) in [6.45, 7) is 3.34. The highest BCUT2D eigenvalue weighted by molar-refractivity contribution is 9.10. The van der Waals surface area contributed by atoms with E-state index in [1.165, 1.54) is 41.5 Å². The van der Waals surface area contributed by atoms with E-state index in [-0.39, 0.29) is 0 Å². The standard InChI is InChI=1S/C15H22BrNS/c1-2-17-14(9-15-13(16)5-6-18-15)12-8-10-3-4-11(12)7-10/h5-6,10-12,14,17H,2-4,7-9H2,1H3. The van der Waals surface area contributed by atoms with Gasteiger partial charge in [-0.25, -0.2) is 0 Å². The molecule has 0 aromatic carbocycles. The molecule has 3 rings (SSSR count). The highest BCUT2D eigenvalue weighted by Crippen LogP contribution is 2.50. The van der Waals surface area contributed by atoms with Crippen molar-refractivity contribution in [3.63, 3.8) is 0 Å². The molecule has 0 radical (unpaired) electrons. The van der Waals surface area contributed by atoms with Crippen LogP contribution in [0.5, 0.6) is 0 Å². The summed E-state index contributed by atoms with van der Waals surface area (Å²) in [4.78, 5) is 1.52. The van der Waals surface area contributed by atoms with Crippen molar-refractivity contribution in [1.82, 2.24) is 5.32 Å². The highest BCUT2D eigenvalue weighted by Gasteiger charge is 2.42. The van der Waals surface area contributed by atoms with Crippen molar-refractivity contribution >= 4 is 27.3 Å². The number of nitrogens with one attached hydrogen (secondary N) is 1. The summed E-state index contributed by atoms with van der Waals surface area (Å²) in [5.74, 6) is 2.99. The van der Waals surface area contributed by atoms with Crippen LogP contribution in [0.1, 0.15) is 37.5 Å². The van der Waals surface area contributed by atoms with Crippen LogP contribution in [0.4, 0.5) is 0 Å². The molecule has 0 aliphatic heterocycles. The van der Waals surface area contributed by atoms with Gasteiger partial charge in [0.2, 0.25) is 0 Å². The predicted octanol–water partition coefficient (Wildman–Crippen LogP) is 4.47. The molecule has 2 fully saturated rings. The average Bonchev–Trinajstić information content (AvgIpc) is 3.06. The van der Waals surface area contributed by atoms with Crippen molar-refractivity contribution in [1.29, 1.82) is 0 Å². The Hall–Kier alpha value is 0.140. The zero-order valence-electron chi connectivity index (χ0n) is 11.0. The predicted molar refractivity (Wildman–Crippen MR) is 82.1 cm³/mol. The van der Waals surface area contributed by atoms with Crippen LogP contribution < -0.4 is 5.32 Å². The van der Waals surface area contributed by atoms with Gasteiger partial charge in [0.15, 0.2) is 0 Å². The van der Waals surface area contributed by atoms with Crippen LogP contribution in [0.3, 0.4) is 0 Å². The zero-order chi connectivity index (χ0) is 12.5. The molecule has 1 N–H and O–H groups in total. The minimum absolute atomic E-state index is 0.695. The molecule has 1 nitrogen and oxygen atoms in total. The second-order valence-corrected chi connectivity index (χ2v) is 7.75. The lowest BCUT2D eigenvalue weighted by Crippen LogP contribution is -2.40. The van der Waals surface area contributed by atoms with Gasteiger partial charge >= 0.3 is 0 Å². The Kier molecular flexibility index (Phi) is 4.12. The Labute approximate surface area is 122 Å². The number of rotatable bonds is 5. The summed E-state index contributed by atoms with van der Waals surface area (Å²) in [5.41, 5.74) is 0. The molecule has 1 heterocycles. The van der Waals surface area contributed by atoms with E-state index in [0.717, 1.165) is 24.3 Å². The first-order chi connectivity index (χ1) is 8.78. The summed E-state index contributed by atoms with van der Waals surface area (Å²) in [6, 6.07) is 2.88. The van der Waals surface area contributed by atoms with E-state index in [9.17, 15) is 0 Å². The molecule has 4 unspecified atom stereocenters. The maximum Gasteiger partial charge on any atom is 0.0314 e. The summed E-state index contributed by atoms with van der Waals surface area (Å²) in [7, 11) is 0. The Bertz CT molecular complexity index is 403. The highest BCUT2D eigenvalue weighted by atomic mass is 79.9. The first-order valence-corrected chi connectivity index (χ1v) is 8.90. The normalized spacial score (nSPS) is 32.0. The van der Waals surface area contributed by atoms with Crippen molar-refractivity contribution in [2.24, 2.45) is 17.8 Å². The van der Waals surface area contributed by atoms with Gasteiger partial charge < -0.3 is 5.32 Å². The Balaban J connectivity index is 1.70. The van der Waals surface area contributed by atoms with Crippen LogP contribution in [0.2, 0.25) is 0 Å². The van der Waals surface area contributed by atoms with E-state index in [1.807, 2.05) is 11.3 Å². The third kappa shape index (κ3) is 2.54. The van der Waals surface area contributed by atoms with Gasteiger partial charge in [-0.1, -0.05) is 13.3 Å². The SMILES string of the molecule is CCNC(Cc1sccc1Br)C1CC2CCC1C2. The quantitative estimate of drug-likeness (QED) is 0.841. The molecule has 2 aliphatic rings. The summed E-state index contributed by atoms with van der Waals surface area (Å²) < 4.78 is 1.30. The van der Waals surface area contributed by atoms with E-state index in [1.54, 1.807) is 0 Å². The zero-order valence-corrected chi connectivity index (χ0v) is 13.4. The van der Waals surface area contributed by atoms with E-state index in [4.69, 9.17) is 0 Å². The van der Waals surface area contributed by atoms with E-state index in [0.29, 0.717) is 6.04 Å². The number of thiophene rings is 1. The lowest BCUT2D eigenvalue weighted by molar-refractivity contribution is 0.249. The fourth-order valence-electron chi connectivity index (χ4n) is 4.09. The van der Waals surface area contributed by atoms with Crippen molar-refractivity contribution < 1.29 is 0 Å². The van der Waals surface area contributed by atoms with Crippen LogP contribution in [-0.2, 0) is 6.42 Å². The van der Waals surface area contributed by atoms with Crippen LogP contribution in [0, 0.1) is 17.8 Å². The molecule has 100 valence electrons. The minimum Gasteiger partial charge on any atom is -0.314 e. The van der Waals surface area contributed by atoms with Gasteiger partial charge in [-0.15, -0.1) is 11.3 Å². The lowest BCUT2D eigenvalue weighted by Gasteiger charge is -2.31. The molecule has 2 bridgehead atoms. The third-order valence-corrected chi connectivity index (χ3v) is 6.82. The number of fused-ring (bicyclic) bond motifs is 2. The number of likely N-dealkylation sites (N-methyl/N-ethyl adjacent to an activating group) is 1. The Morgan fingerprint density at radius 2 is 2.33 bits per heavy atom. The molecule has 1 aromatic heterocycles. The van der Waals surface area contributed by atoms with Crippen molar-refractivity contribution in [3.8, 4) is 0 Å². The maximum atomic E-state index is 3.76.